The predicted molar refractivity (Wildman–Crippen MR) is 128 cm³/mol. The highest BCUT2D eigenvalue weighted by Crippen LogP contribution is 2.40. The number of nitrogens with zero attached hydrogens (tertiary/aromatic N) is 7. The lowest BCUT2D eigenvalue weighted by molar-refractivity contribution is 0.0929. The SMILES string of the molecule is Cn1ccnc1[C@@H](NC(=O)c1cccc(NCc2nnc(-c3ccncn3)n2CCO)c1)C1CC1. The molecule has 4 aromatic rings. The molecule has 11 nitrogen and oxygen atoms in total. The first-order valence-electron chi connectivity index (χ1n) is 11.6. The number of aliphatic hydroxyl groups excluding tert-OH is 1. The molecule has 0 spiro atoms. The van der Waals surface area contributed by atoms with Crippen LogP contribution in [-0.2, 0) is 20.1 Å². The van der Waals surface area contributed by atoms with Crippen LogP contribution in [0.4, 0.5) is 5.69 Å². The average molecular weight is 474 g/mol. The molecule has 0 unspecified atom stereocenters. The zero-order valence-corrected chi connectivity index (χ0v) is 19.4. The van der Waals surface area contributed by atoms with Gasteiger partial charge < -0.3 is 24.9 Å². The smallest absolute Gasteiger partial charge is 0.251 e. The number of imidazole rings is 1. The third-order valence-electron chi connectivity index (χ3n) is 6.05. The zero-order valence-electron chi connectivity index (χ0n) is 19.4. The number of aromatic nitrogens is 7. The van der Waals surface area contributed by atoms with Gasteiger partial charge >= 0.3 is 0 Å². The maximum atomic E-state index is 13.1. The fourth-order valence-electron chi connectivity index (χ4n) is 4.09. The van der Waals surface area contributed by atoms with E-state index in [0.29, 0.717) is 41.9 Å². The molecule has 1 amide bonds. The molecule has 0 radical (unpaired) electrons. The first-order chi connectivity index (χ1) is 17.1. The summed E-state index contributed by atoms with van der Waals surface area (Å²) in [6, 6.07) is 8.99. The Balaban J connectivity index is 1.29. The van der Waals surface area contributed by atoms with Gasteiger partial charge in [0.2, 0.25) is 0 Å². The lowest BCUT2D eigenvalue weighted by atomic mass is 10.1. The van der Waals surface area contributed by atoms with Crippen molar-refractivity contribution in [2.75, 3.05) is 11.9 Å². The lowest BCUT2D eigenvalue weighted by Crippen LogP contribution is -2.31. The molecule has 1 aliphatic rings. The van der Waals surface area contributed by atoms with Crippen LogP contribution in [0.15, 0.2) is 55.2 Å². The van der Waals surface area contributed by atoms with E-state index in [1.54, 1.807) is 24.5 Å². The van der Waals surface area contributed by atoms with Gasteiger partial charge in [-0.15, -0.1) is 10.2 Å². The van der Waals surface area contributed by atoms with Gasteiger partial charge in [-0.2, -0.15) is 0 Å². The Labute approximate surface area is 202 Å². The molecule has 3 heterocycles. The first-order valence-corrected chi connectivity index (χ1v) is 11.6. The fourth-order valence-corrected chi connectivity index (χ4v) is 4.09. The van der Waals surface area contributed by atoms with Crippen LogP contribution in [0.1, 0.15) is 40.9 Å². The van der Waals surface area contributed by atoms with Crippen molar-refractivity contribution in [1.29, 1.82) is 0 Å². The minimum atomic E-state index is -0.136. The summed E-state index contributed by atoms with van der Waals surface area (Å²) >= 11 is 0. The molecule has 0 aliphatic heterocycles. The Morgan fingerprint density at radius 3 is 2.80 bits per heavy atom. The fraction of sp³-hybridized carbons (Fsp3) is 0.333. The van der Waals surface area contributed by atoms with Crippen LogP contribution >= 0.6 is 0 Å². The van der Waals surface area contributed by atoms with E-state index in [2.05, 4.69) is 35.8 Å². The van der Waals surface area contributed by atoms with E-state index in [9.17, 15) is 9.90 Å². The van der Waals surface area contributed by atoms with Crippen molar-refractivity contribution in [2.24, 2.45) is 13.0 Å². The van der Waals surface area contributed by atoms with Gasteiger partial charge in [-0.1, -0.05) is 6.07 Å². The van der Waals surface area contributed by atoms with Crippen LogP contribution in [-0.4, -0.2) is 51.9 Å². The highest BCUT2D eigenvalue weighted by Gasteiger charge is 2.35. The summed E-state index contributed by atoms with van der Waals surface area (Å²) in [6.07, 6.45) is 8.91. The molecule has 180 valence electrons. The highest BCUT2D eigenvalue weighted by molar-refractivity contribution is 5.95. The molecule has 1 saturated carbocycles. The molecule has 11 heteroatoms. The maximum Gasteiger partial charge on any atom is 0.251 e. The van der Waals surface area contributed by atoms with E-state index in [1.165, 1.54) is 6.33 Å². The summed E-state index contributed by atoms with van der Waals surface area (Å²) in [7, 11) is 1.94. The van der Waals surface area contributed by atoms with Crippen molar-refractivity contribution < 1.29 is 9.90 Å². The number of amides is 1. The molecular formula is C24H27N9O2. The standard InChI is InChI=1S/C24H27N9O2/c1-32-10-9-26-23(32)21(16-5-6-16)29-24(35)17-3-2-4-18(13-17)27-14-20-30-31-22(33(20)11-12-34)19-7-8-25-15-28-19/h2-4,7-10,13,15-16,21,27,34H,5-6,11-12,14H2,1H3,(H,29,35)/t21-/m0/s1. The maximum absolute atomic E-state index is 13.1. The minimum absolute atomic E-state index is 0.0586. The van der Waals surface area contributed by atoms with Gasteiger partial charge in [0.1, 0.15) is 17.8 Å². The van der Waals surface area contributed by atoms with E-state index in [-0.39, 0.29) is 18.6 Å². The van der Waals surface area contributed by atoms with Crippen molar-refractivity contribution in [3.63, 3.8) is 0 Å². The monoisotopic (exact) mass is 473 g/mol. The van der Waals surface area contributed by atoms with Crippen molar-refractivity contribution in [1.82, 2.24) is 39.6 Å². The van der Waals surface area contributed by atoms with Crippen molar-refractivity contribution in [2.45, 2.75) is 32.0 Å². The number of aliphatic hydroxyl groups is 1. The summed E-state index contributed by atoms with van der Waals surface area (Å²) < 4.78 is 3.78. The van der Waals surface area contributed by atoms with Crippen molar-refractivity contribution in [3.05, 3.63) is 72.5 Å². The van der Waals surface area contributed by atoms with Gasteiger partial charge in [-0.25, -0.2) is 15.0 Å². The summed E-state index contributed by atoms with van der Waals surface area (Å²) in [5.74, 6) is 2.36. The molecule has 0 saturated heterocycles. The summed E-state index contributed by atoms with van der Waals surface area (Å²) in [5.41, 5.74) is 1.97. The molecule has 1 aromatic carbocycles. The number of carbonyl (C=O) groups excluding carboxylic acids is 1. The Kier molecular flexibility index (Phi) is 6.49. The number of rotatable bonds is 10. The number of benzene rings is 1. The van der Waals surface area contributed by atoms with Gasteiger partial charge in [0.25, 0.3) is 5.91 Å². The zero-order chi connectivity index (χ0) is 24.2. The van der Waals surface area contributed by atoms with Crippen LogP contribution in [0.5, 0.6) is 0 Å². The Hall–Kier alpha value is -4.12. The summed E-state index contributed by atoms with van der Waals surface area (Å²) in [6.45, 7) is 0.638. The highest BCUT2D eigenvalue weighted by atomic mass is 16.3. The van der Waals surface area contributed by atoms with E-state index < -0.39 is 0 Å². The molecule has 1 aliphatic carbocycles. The largest absolute Gasteiger partial charge is 0.395 e. The second kappa shape index (κ2) is 10.0. The third kappa shape index (κ3) is 5.04. The Morgan fingerprint density at radius 2 is 2.09 bits per heavy atom. The minimum Gasteiger partial charge on any atom is -0.395 e. The second-order valence-corrected chi connectivity index (χ2v) is 8.53. The van der Waals surface area contributed by atoms with Crippen LogP contribution in [0, 0.1) is 5.92 Å². The van der Waals surface area contributed by atoms with Crippen molar-refractivity contribution >= 4 is 11.6 Å². The quantitative estimate of drug-likeness (QED) is 0.318. The predicted octanol–water partition coefficient (Wildman–Crippen LogP) is 1.95. The molecule has 5 rings (SSSR count). The normalized spacial score (nSPS) is 14.0. The second-order valence-electron chi connectivity index (χ2n) is 8.53. The van der Waals surface area contributed by atoms with Gasteiger partial charge in [0.15, 0.2) is 11.6 Å². The molecule has 0 bridgehead atoms. The van der Waals surface area contributed by atoms with E-state index in [0.717, 1.165) is 24.4 Å². The van der Waals surface area contributed by atoms with Crippen LogP contribution in [0.3, 0.4) is 0 Å². The first kappa shape index (κ1) is 22.7. The molecule has 1 fully saturated rings. The molecule has 3 N–H and O–H groups in total. The van der Waals surface area contributed by atoms with Gasteiger partial charge in [0.05, 0.1) is 19.2 Å². The van der Waals surface area contributed by atoms with E-state index in [1.807, 2.05) is 40.6 Å². The molecule has 35 heavy (non-hydrogen) atoms. The van der Waals surface area contributed by atoms with Gasteiger partial charge in [-0.3, -0.25) is 4.79 Å². The topological polar surface area (TPSA) is 136 Å². The van der Waals surface area contributed by atoms with Crippen LogP contribution < -0.4 is 10.6 Å². The Bertz CT molecular complexity index is 1300. The number of aryl methyl sites for hydroxylation is 1. The van der Waals surface area contributed by atoms with Crippen LogP contribution in [0.25, 0.3) is 11.5 Å². The van der Waals surface area contributed by atoms with Gasteiger partial charge in [-0.05, 0) is 43.0 Å². The molecule has 3 aromatic heterocycles. The van der Waals surface area contributed by atoms with E-state index in [4.69, 9.17) is 0 Å². The number of hydrogen-bond donors (Lipinski definition) is 3. The number of anilines is 1. The van der Waals surface area contributed by atoms with Crippen LogP contribution in [0.2, 0.25) is 0 Å². The molecule has 1 atom stereocenters. The lowest BCUT2D eigenvalue weighted by Gasteiger charge is -2.18. The number of hydrogen-bond acceptors (Lipinski definition) is 8. The van der Waals surface area contributed by atoms with Crippen molar-refractivity contribution in [3.8, 4) is 11.5 Å². The summed E-state index contributed by atoms with van der Waals surface area (Å²) in [4.78, 5) is 25.7. The molecular weight excluding hydrogens is 446 g/mol. The van der Waals surface area contributed by atoms with Gasteiger partial charge in [0, 0.05) is 43.4 Å². The van der Waals surface area contributed by atoms with E-state index >= 15 is 0 Å². The number of carbonyl (C=O) groups is 1. The average Bonchev–Trinajstić information content (AvgIpc) is 3.52. The Morgan fingerprint density at radius 1 is 1.20 bits per heavy atom. The number of nitrogens with one attached hydrogen (secondary N) is 2. The summed E-state index contributed by atoms with van der Waals surface area (Å²) in [5, 5.41) is 24.5. The third-order valence-corrected chi connectivity index (χ3v) is 6.05.